The van der Waals surface area contributed by atoms with Crippen LogP contribution in [-0.2, 0) is 4.74 Å². The zero-order valence-corrected chi connectivity index (χ0v) is 13.4. The molecule has 0 saturated carbocycles. The zero-order chi connectivity index (χ0) is 15.9. The van der Waals surface area contributed by atoms with Crippen molar-refractivity contribution in [3.05, 3.63) is 59.7 Å². The Bertz CT molecular complexity index is 686. The summed E-state index contributed by atoms with van der Waals surface area (Å²) in [5.74, 6) is -0.344. The second-order valence-corrected chi connectivity index (χ2v) is 5.16. The summed E-state index contributed by atoms with van der Waals surface area (Å²) in [7, 11) is 0. The van der Waals surface area contributed by atoms with Crippen LogP contribution in [0.4, 0.5) is 11.4 Å². The molecule has 0 aliphatic carbocycles. The van der Waals surface area contributed by atoms with Gasteiger partial charge in [-0.05, 0) is 62.0 Å². The molecule has 2 aromatic carbocycles. The van der Waals surface area contributed by atoms with Gasteiger partial charge in [-0.25, -0.2) is 4.79 Å². The number of hydrogen-bond donors (Lipinski definition) is 2. The minimum absolute atomic E-state index is 0.344. The lowest BCUT2D eigenvalue weighted by Crippen LogP contribution is -2.19. The van der Waals surface area contributed by atoms with Crippen LogP contribution in [0.1, 0.15) is 22.8 Å². The van der Waals surface area contributed by atoms with Crippen LogP contribution in [-0.4, -0.2) is 17.7 Å². The number of aryl methyl sites for hydroxylation is 1. The maximum absolute atomic E-state index is 11.7. The number of rotatable bonds is 4. The Labute approximate surface area is 135 Å². The summed E-state index contributed by atoms with van der Waals surface area (Å²) in [6.45, 7) is 4.15. The van der Waals surface area contributed by atoms with Crippen LogP contribution in [0.25, 0.3) is 0 Å². The van der Waals surface area contributed by atoms with Crippen LogP contribution in [0.3, 0.4) is 0 Å². The smallest absolute Gasteiger partial charge is 0.338 e. The van der Waals surface area contributed by atoms with Crippen molar-refractivity contribution in [3.8, 4) is 0 Å². The molecule has 0 bridgehead atoms. The Morgan fingerprint density at radius 1 is 1.09 bits per heavy atom. The summed E-state index contributed by atoms with van der Waals surface area (Å²) >= 11 is 5.28. The Morgan fingerprint density at radius 2 is 1.73 bits per heavy atom. The summed E-state index contributed by atoms with van der Waals surface area (Å²) in [4.78, 5) is 11.7. The van der Waals surface area contributed by atoms with E-state index in [1.54, 1.807) is 25.1 Å². The standard InChI is InChI=1S/C17H18N2O2S/c1-3-21-16(20)13-7-5-9-15(11-13)19-17(22)18-14-8-4-6-12(2)10-14/h4-11H,3H2,1-2H3,(H2,18,19,22). The van der Waals surface area contributed by atoms with E-state index in [4.69, 9.17) is 17.0 Å². The van der Waals surface area contributed by atoms with Crippen molar-refractivity contribution < 1.29 is 9.53 Å². The normalized spacial score (nSPS) is 9.91. The molecule has 0 spiro atoms. The van der Waals surface area contributed by atoms with Crippen molar-refractivity contribution in [2.75, 3.05) is 17.2 Å². The minimum Gasteiger partial charge on any atom is -0.462 e. The fourth-order valence-electron chi connectivity index (χ4n) is 1.95. The Morgan fingerprint density at radius 3 is 2.36 bits per heavy atom. The molecule has 0 unspecified atom stereocenters. The van der Waals surface area contributed by atoms with Gasteiger partial charge in [0.25, 0.3) is 0 Å². The van der Waals surface area contributed by atoms with E-state index in [-0.39, 0.29) is 5.97 Å². The van der Waals surface area contributed by atoms with Crippen LogP contribution >= 0.6 is 12.2 Å². The first-order valence-corrected chi connectivity index (χ1v) is 7.41. The quantitative estimate of drug-likeness (QED) is 0.660. The highest BCUT2D eigenvalue weighted by molar-refractivity contribution is 7.80. The topological polar surface area (TPSA) is 50.4 Å². The molecule has 0 fully saturated rings. The molecule has 0 aliphatic heterocycles. The van der Waals surface area contributed by atoms with Crippen molar-refractivity contribution in [1.82, 2.24) is 0 Å². The molecule has 0 saturated heterocycles. The van der Waals surface area contributed by atoms with Crippen molar-refractivity contribution in [2.45, 2.75) is 13.8 Å². The molecule has 2 rings (SSSR count). The van der Waals surface area contributed by atoms with Gasteiger partial charge in [0.2, 0.25) is 0 Å². The van der Waals surface area contributed by atoms with E-state index in [1.807, 2.05) is 37.3 Å². The van der Waals surface area contributed by atoms with E-state index in [1.165, 1.54) is 0 Å². The molecule has 114 valence electrons. The number of benzene rings is 2. The summed E-state index contributed by atoms with van der Waals surface area (Å²) in [6, 6.07) is 15.0. The third kappa shape index (κ3) is 4.56. The van der Waals surface area contributed by atoms with Crippen molar-refractivity contribution in [1.29, 1.82) is 0 Å². The van der Waals surface area contributed by atoms with E-state index in [2.05, 4.69) is 10.6 Å². The molecular formula is C17H18N2O2S. The highest BCUT2D eigenvalue weighted by Crippen LogP contribution is 2.14. The average molecular weight is 314 g/mol. The SMILES string of the molecule is CCOC(=O)c1cccc(NC(=S)Nc2cccc(C)c2)c1. The Hall–Kier alpha value is -2.40. The van der Waals surface area contributed by atoms with Crippen LogP contribution in [0, 0.1) is 6.92 Å². The number of thiocarbonyl (C=S) groups is 1. The number of carbonyl (C=O) groups is 1. The third-order valence-electron chi connectivity index (χ3n) is 2.91. The largest absolute Gasteiger partial charge is 0.462 e. The van der Waals surface area contributed by atoms with E-state index in [0.717, 1.165) is 16.9 Å². The Balaban J connectivity index is 2.02. The van der Waals surface area contributed by atoms with Crippen molar-refractivity contribution in [2.24, 2.45) is 0 Å². The molecule has 0 amide bonds. The molecule has 4 nitrogen and oxygen atoms in total. The van der Waals surface area contributed by atoms with E-state index in [9.17, 15) is 4.79 Å². The molecule has 0 aliphatic rings. The summed E-state index contributed by atoms with van der Waals surface area (Å²) in [5.41, 5.74) is 3.29. The van der Waals surface area contributed by atoms with E-state index >= 15 is 0 Å². The fraction of sp³-hybridized carbons (Fsp3) is 0.176. The number of esters is 1. The lowest BCUT2D eigenvalue weighted by Gasteiger charge is -2.11. The monoisotopic (exact) mass is 314 g/mol. The summed E-state index contributed by atoms with van der Waals surface area (Å²) < 4.78 is 4.98. The number of nitrogens with one attached hydrogen (secondary N) is 2. The molecule has 2 N–H and O–H groups in total. The lowest BCUT2D eigenvalue weighted by atomic mass is 10.2. The minimum atomic E-state index is -0.344. The zero-order valence-electron chi connectivity index (χ0n) is 12.6. The van der Waals surface area contributed by atoms with E-state index in [0.29, 0.717) is 17.3 Å². The predicted octanol–water partition coefficient (Wildman–Crippen LogP) is 3.98. The number of anilines is 2. The first-order chi connectivity index (χ1) is 10.6. The first-order valence-electron chi connectivity index (χ1n) is 7.00. The average Bonchev–Trinajstić information content (AvgIpc) is 2.47. The molecule has 0 atom stereocenters. The summed E-state index contributed by atoms with van der Waals surface area (Å²) in [5, 5.41) is 6.63. The third-order valence-corrected chi connectivity index (χ3v) is 3.11. The predicted molar refractivity (Wildman–Crippen MR) is 93.4 cm³/mol. The van der Waals surface area contributed by atoms with Gasteiger partial charge in [0, 0.05) is 11.4 Å². The molecular weight excluding hydrogens is 296 g/mol. The second kappa shape index (κ2) is 7.56. The van der Waals surface area contributed by atoms with E-state index < -0.39 is 0 Å². The van der Waals surface area contributed by atoms with Crippen LogP contribution in [0.5, 0.6) is 0 Å². The van der Waals surface area contributed by atoms with Crippen LogP contribution in [0.2, 0.25) is 0 Å². The van der Waals surface area contributed by atoms with Gasteiger partial charge in [-0.3, -0.25) is 0 Å². The Kier molecular flexibility index (Phi) is 5.49. The number of carbonyl (C=O) groups excluding carboxylic acids is 1. The van der Waals surface area contributed by atoms with Gasteiger partial charge in [0.1, 0.15) is 0 Å². The molecule has 5 heteroatoms. The second-order valence-electron chi connectivity index (χ2n) is 4.75. The van der Waals surface area contributed by atoms with Gasteiger partial charge in [-0.15, -0.1) is 0 Å². The van der Waals surface area contributed by atoms with Crippen molar-refractivity contribution in [3.63, 3.8) is 0 Å². The lowest BCUT2D eigenvalue weighted by molar-refractivity contribution is 0.0526. The number of hydrogen-bond acceptors (Lipinski definition) is 3. The maximum Gasteiger partial charge on any atom is 0.338 e. The summed E-state index contributed by atoms with van der Waals surface area (Å²) in [6.07, 6.45) is 0. The highest BCUT2D eigenvalue weighted by atomic mass is 32.1. The van der Waals surface area contributed by atoms with Crippen molar-refractivity contribution >= 4 is 34.7 Å². The molecule has 22 heavy (non-hydrogen) atoms. The molecule has 0 aromatic heterocycles. The van der Waals surface area contributed by atoms with Crippen LogP contribution in [0.15, 0.2) is 48.5 Å². The highest BCUT2D eigenvalue weighted by Gasteiger charge is 2.07. The number of ether oxygens (including phenoxy) is 1. The van der Waals surface area contributed by atoms with Gasteiger partial charge in [-0.1, -0.05) is 18.2 Å². The molecule has 2 aromatic rings. The van der Waals surface area contributed by atoms with Gasteiger partial charge in [-0.2, -0.15) is 0 Å². The molecule has 0 heterocycles. The van der Waals surface area contributed by atoms with Gasteiger partial charge >= 0.3 is 5.97 Å². The van der Waals surface area contributed by atoms with Crippen LogP contribution < -0.4 is 10.6 Å². The van der Waals surface area contributed by atoms with Gasteiger partial charge in [0.15, 0.2) is 5.11 Å². The maximum atomic E-state index is 11.7. The van der Waals surface area contributed by atoms with Gasteiger partial charge < -0.3 is 15.4 Å². The molecule has 0 radical (unpaired) electrons. The fourth-order valence-corrected chi connectivity index (χ4v) is 2.19. The van der Waals surface area contributed by atoms with Gasteiger partial charge in [0.05, 0.1) is 12.2 Å². The first kappa shape index (κ1) is 16.0.